The molecule has 0 saturated carbocycles. The number of nitrogens with one attached hydrogen (secondary N) is 1. The molecule has 1 N–H and O–H groups in total. The van der Waals surface area contributed by atoms with Crippen LogP contribution in [0, 0.1) is 0 Å². The van der Waals surface area contributed by atoms with Crippen LogP contribution in [-0.2, 0) is 11.2 Å². The first-order valence-electron chi connectivity index (χ1n) is 9.17. The average Bonchev–Trinajstić information content (AvgIpc) is 3.21. The van der Waals surface area contributed by atoms with Crippen molar-refractivity contribution in [2.75, 3.05) is 25.0 Å². The number of halogens is 1. The standard InChI is InChI=1S/C21H23BrN2O3/c1-2-15-8-9-19(18(22)12-15)27-14-20(25)23-17-7-5-6-16(13-17)21(26)24-10-3-4-11-24/h5-9,12-13H,2-4,10-11,14H2,1H3,(H,23,25). The van der Waals surface area contributed by atoms with E-state index >= 15 is 0 Å². The Bertz CT molecular complexity index is 832. The molecule has 2 aromatic carbocycles. The van der Waals surface area contributed by atoms with Crippen LogP contribution < -0.4 is 10.1 Å². The van der Waals surface area contributed by atoms with Gasteiger partial charge in [0.25, 0.3) is 11.8 Å². The van der Waals surface area contributed by atoms with Crippen molar-refractivity contribution in [1.82, 2.24) is 4.90 Å². The third-order valence-electron chi connectivity index (χ3n) is 4.55. The van der Waals surface area contributed by atoms with Crippen molar-refractivity contribution in [3.05, 3.63) is 58.1 Å². The minimum atomic E-state index is -0.271. The average molecular weight is 431 g/mol. The Kier molecular flexibility index (Phi) is 6.50. The number of nitrogens with zero attached hydrogens (tertiary/aromatic N) is 1. The highest BCUT2D eigenvalue weighted by Crippen LogP contribution is 2.26. The van der Waals surface area contributed by atoms with E-state index in [1.165, 1.54) is 5.56 Å². The molecule has 0 spiro atoms. The number of ether oxygens (including phenoxy) is 1. The molecule has 1 aliphatic rings. The van der Waals surface area contributed by atoms with E-state index in [2.05, 4.69) is 28.2 Å². The van der Waals surface area contributed by atoms with Crippen molar-refractivity contribution in [3.63, 3.8) is 0 Å². The van der Waals surface area contributed by atoms with E-state index in [1.807, 2.05) is 23.1 Å². The Balaban J connectivity index is 1.58. The van der Waals surface area contributed by atoms with Crippen molar-refractivity contribution in [2.24, 2.45) is 0 Å². The first kappa shape index (κ1) is 19.4. The molecular weight excluding hydrogens is 408 g/mol. The van der Waals surface area contributed by atoms with Crippen LogP contribution in [0.25, 0.3) is 0 Å². The number of carbonyl (C=O) groups is 2. The van der Waals surface area contributed by atoms with Crippen LogP contribution in [0.3, 0.4) is 0 Å². The molecule has 1 fully saturated rings. The Morgan fingerprint density at radius 1 is 1.15 bits per heavy atom. The summed E-state index contributed by atoms with van der Waals surface area (Å²) in [4.78, 5) is 26.5. The summed E-state index contributed by atoms with van der Waals surface area (Å²) in [6.45, 7) is 3.58. The fraction of sp³-hybridized carbons (Fsp3) is 0.333. The maximum absolute atomic E-state index is 12.5. The smallest absolute Gasteiger partial charge is 0.262 e. The molecule has 1 heterocycles. The molecule has 1 aliphatic heterocycles. The van der Waals surface area contributed by atoms with Gasteiger partial charge in [0, 0.05) is 24.3 Å². The third kappa shape index (κ3) is 5.10. The topological polar surface area (TPSA) is 58.6 Å². The number of likely N-dealkylation sites (tertiary alicyclic amines) is 1. The van der Waals surface area contributed by atoms with Gasteiger partial charge in [-0.3, -0.25) is 9.59 Å². The van der Waals surface area contributed by atoms with Crippen LogP contribution in [0.15, 0.2) is 46.9 Å². The van der Waals surface area contributed by atoms with E-state index in [-0.39, 0.29) is 18.4 Å². The normalized spacial score (nSPS) is 13.5. The zero-order chi connectivity index (χ0) is 19.2. The van der Waals surface area contributed by atoms with Crippen LogP contribution >= 0.6 is 15.9 Å². The van der Waals surface area contributed by atoms with Gasteiger partial charge < -0.3 is 15.0 Å². The van der Waals surface area contributed by atoms with Crippen LogP contribution in [0.5, 0.6) is 5.75 Å². The quantitative estimate of drug-likeness (QED) is 0.744. The first-order chi connectivity index (χ1) is 13.1. The minimum Gasteiger partial charge on any atom is -0.483 e. The molecule has 5 nitrogen and oxygen atoms in total. The van der Waals surface area contributed by atoms with Crippen LogP contribution in [0.2, 0.25) is 0 Å². The highest BCUT2D eigenvalue weighted by molar-refractivity contribution is 9.10. The lowest BCUT2D eigenvalue weighted by Crippen LogP contribution is -2.27. The van der Waals surface area contributed by atoms with E-state index < -0.39 is 0 Å². The largest absolute Gasteiger partial charge is 0.483 e. The molecule has 0 aliphatic carbocycles. The molecule has 27 heavy (non-hydrogen) atoms. The van der Waals surface area contributed by atoms with E-state index in [0.717, 1.165) is 36.8 Å². The second-order valence-electron chi connectivity index (χ2n) is 6.54. The highest BCUT2D eigenvalue weighted by atomic mass is 79.9. The second-order valence-corrected chi connectivity index (χ2v) is 7.39. The Morgan fingerprint density at radius 3 is 2.63 bits per heavy atom. The maximum Gasteiger partial charge on any atom is 0.262 e. The zero-order valence-electron chi connectivity index (χ0n) is 15.3. The molecule has 0 unspecified atom stereocenters. The lowest BCUT2D eigenvalue weighted by Gasteiger charge is -2.16. The van der Waals surface area contributed by atoms with Crippen LogP contribution in [0.4, 0.5) is 5.69 Å². The van der Waals surface area contributed by atoms with Crippen molar-refractivity contribution >= 4 is 33.4 Å². The molecule has 142 valence electrons. The maximum atomic E-state index is 12.5. The van der Waals surface area contributed by atoms with Gasteiger partial charge in [-0.05, 0) is 71.1 Å². The molecule has 0 radical (unpaired) electrons. The molecule has 0 atom stereocenters. The zero-order valence-corrected chi connectivity index (χ0v) is 16.9. The monoisotopic (exact) mass is 430 g/mol. The summed E-state index contributed by atoms with van der Waals surface area (Å²) in [5.41, 5.74) is 2.38. The summed E-state index contributed by atoms with van der Waals surface area (Å²) < 4.78 is 6.42. The predicted octanol–water partition coefficient (Wildman–Crippen LogP) is 4.27. The summed E-state index contributed by atoms with van der Waals surface area (Å²) in [5, 5.41) is 2.79. The van der Waals surface area contributed by atoms with Gasteiger partial charge in [-0.2, -0.15) is 0 Å². The molecule has 2 amide bonds. The van der Waals surface area contributed by atoms with E-state index in [1.54, 1.807) is 24.3 Å². The van der Waals surface area contributed by atoms with Gasteiger partial charge >= 0.3 is 0 Å². The fourth-order valence-corrected chi connectivity index (χ4v) is 3.60. The lowest BCUT2D eigenvalue weighted by molar-refractivity contribution is -0.118. The lowest BCUT2D eigenvalue weighted by atomic mass is 10.1. The summed E-state index contributed by atoms with van der Waals surface area (Å²) >= 11 is 3.46. The van der Waals surface area contributed by atoms with Crippen molar-refractivity contribution in [3.8, 4) is 5.75 Å². The SMILES string of the molecule is CCc1ccc(OCC(=O)Nc2cccc(C(=O)N3CCCC3)c2)c(Br)c1. The second kappa shape index (κ2) is 9.04. The Labute approximate surface area is 167 Å². The molecule has 6 heteroatoms. The highest BCUT2D eigenvalue weighted by Gasteiger charge is 2.19. The fourth-order valence-electron chi connectivity index (χ4n) is 3.05. The number of hydrogen-bond acceptors (Lipinski definition) is 3. The number of amides is 2. The number of aryl methyl sites for hydroxylation is 1. The van der Waals surface area contributed by atoms with Gasteiger partial charge in [0.15, 0.2) is 6.61 Å². The van der Waals surface area contributed by atoms with E-state index in [9.17, 15) is 9.59 Å². The van der Waals surface area contributed by atoms with Crippen molar-refractivity contribution in [2.45, 2.75) is 26.2 Å². The summed E-state index contributed by atoms with van der Waals surface area (Å²) in [6.07, 6.45) is 3.04. The third-order valence-corrected chi connectivity index (χ3v) is 5.17. The molecular formula is C21H23BrN2O3. The number of benzene rings is 2. The van der Waals surface area contributed by atoms with Gasteiger partial charge in [-0.1, -0.05) is 19.1 Å². The molecule has 3 rings (SSSR count). The number of hydrogen-bond donors (Lipinski definition) is 1. The summed E-state index contributed by atoms with van der Waals surface area (Å²) in [7, 11) is 0. The van der Waals surface area contributed by atoms with Gasteiger partial charge in [-0.15, -0.1) is 0 Å². The van der Waals surface area contributed by atoms with Crippen molar-refractivity contribution in [1.29, 1.82) is 0 Å². The molecule has 2 aromatic rings. The van der Waals surface area contributed by atoms with Gasteiger partial charge in [0.1, 0.15) is 5.75 Å². The Hall–Kier alpha value is -2.34. The van der Waals surface area contributed by atoms with E-state index in [0.29, 0.717) is 17.0 Å². The van der Waals surface area contributed by atoms with Gasteiger partial charge in [0.2, 0.25) is 0 Å². The number of carbonyl (C=O) groups excluding carboxylic acids is 2. The van der Waals surface area contributed by atoms with Crippen molar-refractivity contribution < 1.29 is 14.3 Å². The minimum absolute atomic E-state index is 0.0137. The number of rotatable bonds is 6. The van der Waals surface area contributed by atoms with Gasteiger partial charge in [-0.25, -0.2) is 0 Å². The van der Waals surface area contributed by atoms with Crippen LogP contribution in [-0.4, -0.2) is 36.4 Å². The number of anilines is 1. The van der Waals surface area contributed by atoms with Crippen LogP contribution in [0.1, 0.15) is 35.7 Å². The summed E-state index contributed by atoms with van der Waals surface area (Å²) in [6, 6.07) is 12.9. The molecule has 1 saturated heterocycles. The van der Waals surface area contributed by atoms with E-state index in [4.69, 9.17) is 4.74 Å². The summed E-state index contributed by atoms with van der Waals surface area (Å²) in [5.74, 6) is 0.368. The Morgan fingerprint density at radius 2 is 1.93 bits per heavy atom. The first-order valence-corrected chi connectivity index (χ1v) is 9.96. The van der Waals surface area contributed by atoms with Gasteiger partial charge in [0.05, 0.1) is 4.47 Å². The predicted molar refractivity (Wildman–Crippen MR) is 109 cm³/mol. The molecule has 0 bridgehead atoms. The molecule has 0 aromatic heterocycles.